The summed E-state index contributed by atoms with van der Waals surface area (Å²) in [6.07, 6.45) is 0. The summed E-state index contributed by atoms with van der Waals surface area (Å²) in [5.74, 6) is -0.411. The Balaban J connectivity index is 1.58. The van der Waals surface area contributed by atoms with Crippen LogP contribution in [-0.4, -0.2) is 29.0 Å². The van der Waals surface area contributed by atoms with Crippen molar-refractivity contribution >= 4 is 39.1 Å². The number of hydrogen-bond donors (Lipinski definition) is 1. The summed E-state index contributed by atoms with van der Waals surface area (Å²) in [4.78, 5) is 30.0. The van der Waals surface area contributed by atoms with Gasteiger partial charge >= 0.3 is 0 Å². The fourth-order valence-corrected chi connectivity index (χ4v) is 5.26. The number of para-hydroxylation sites is 2. The summed E-state index contributed by atoms with van der Waals surface area (Å²) >= 11 is 1.54. The van der Waals surface area contributed by atoms with Crippen LogP contribution in [0.5, 0.6) is 5.75 Å². The van der Waals surface area contributed by atoms with Crippen LogP contribution in [0.25, 0.3) is 10.2 Å². The van der Waals surface area contributed by atoms with Crippen molar-refractivity contribution in [3.8, 4) is 5.75 Å². The molecule has 2 amide bonds. The maximum Gasteiger partial charge on any atom is 0.276 e. The van der Waals surface area contributed by atoms with Crippen LogP contribution < -0.4 is 15.0 Å². The number of anilines is 1. The molecule has 2 aromatic heterocycles. The van der Waals surface area contributed by atoms with E-state index in [-0.39, 0.29) is 30.7 Å². The molecule has 1 aliphatic heterocycles. The topological polar surface area (TPSA) is 63.6 Å². The first-order valence-electron chi connectivity index (χ1n) is 10.5. The molecule has 168 valence electrons. The highest BCUT2D eigenvalue weighted by Gasteiger charge is 2.49. The number of benzene rings is 2. The van der Waals surface area contributed by atoms with Crippen molar-refractivity contribution in [2.75, 3.05) is 12.0 Å². The van der Waals surface area contributed by atoms with Crippen LogP contribution in [0.3, 0.4) is 0 Å². The summed E-state index contributed by atoms with van der Waals surface area (Å²) in [7, 11) is 1.54. The highest BCUT2D eigenvalue weighted by atomic mass is 32.1. The second-order valence-electron chi connectivity index (χ2n) is 8.19. The lowest BCUT2D eigenvalue weighted by atomic mass is 9.93. The summed E-state index contributed by atoms with van der Waals surface area (Å²) in [5.41, 5.74) is 0.600. The molecule has 4 aromatic rings. The average molecular weight is 464 g/mol. The molecule has 2 aromatic carbocycles. The molecule has 0 spiro atoms. The van der Waals surface area contributed by atoms with Crippen LogP contribution in [0.2, 0.25) is 0 Å². The first-order valence-corrected chi connectivity index (χ1v) is 11.4. The van der Waals surface area contributed by atoms with Crippen molar-refractivity contribution in [1.29, 1.82) is 0 Å². The third-order valence-corrected chi connectivity index (χ3v) is 7.02. The molecule has 0 bridgehead atoms. The zero-order valence-electron chi connectivity index (χ0n) is 18.2. The van der Waals surface area contributed by atoms with Gasteiger partial charge in [-0.15, -0.1) is 11.3 Å². The minimum atomic E-state index is -1.23. The lowest BCUT2D eigenvalue weighted by molar-refractivity contribution is -0.126. The molecule has 6 nitrogen and oxygen atoms in total. The first-order chi connectivity index (χ1) is 15.9. The van der Waals surface area contributed by atoms with Crippen molar-refractivity contribution in [2.45, 2.75) is 25.6 Å². The third-order valence-electron chi connectivity index (χ3n) is 6.07. The molecule has 1 aliphatic rings. The van der Waals surface area contributed by atoms with E-state index in [0.29, 0.717) is 17.1 Å². The predicted molar refractivity (Wildman–Crippen MR) is 126 cm³/mol. The molecule has 0 radical (unpaired) electrons. The fraction of sp³-hybridized carbons (Fsp3) is 0.200. The number of nitrogens with one attached hydrogen (secondary N) is 1. The molecule has 0 fully saturated rings. The van der Waals surface area contributed by atoms with Crippen LogP contribution in [-0.2, 0) is 17.9 Å². The summed E-state index contributed by atoms with van der Waals surface area (Å²) in [6, 6.07) is 17.0. The Morgan fingerprint density at radius 1 is 1.18 bits per heavy atom. The maximum absolute atomic E-state index is 13.8. The van der Waals surface area contributed by atoms with Crippen molar-refractivity contribution in [1.82, 2.24) is 9.88 Å². The molecule has 0 saturated carbocycles. The zero-order chi connectivity index (χ0) is 23.2. The number of thiophene rings is 1. The second kappa shape index (κ2) is 8.04. The van der Waals surface area contributed by atoms with Gasteiger partial charge in [-0.2, -0.15) is 0 Å². The number of ether oxygens (including phenoxy) is 1. The molecular formula is C25H22FN3O3S. The minimum absolute atomic E-state index is 0.218. The van der Waals surface area contributed by atoms with E-state index in [1.54, 1.807) is 31.2 Å². The Morgan fingerprint density at radius 3 is 2.70 bits per heavy atom. The number of amides is 2. The van der Waals surface area contributed by atoms with Gasteiger partial charge in [0, 0.05) is 11.9 Å². The van der Waals surface area contributed by atoms with E-state index in [0.717, 1.165) is 15.8 Å². The average Bonchev–Trinajstić information content (AvgIpc) is 3.41. The minimum Gasteiger partial charge on any atom is -0.495 e. The maximum atomic E-state index is 13.8. The second-order valence-corrected chi connectivity index (χ2v) is 9.09. The lowest BCUT2D eigenvalue weighted by Gasteiger charge is -2.44. The van der Waals surface area contributed by atoms with Gasteiger partial charge in [0.2, 0.25) is 5.91 Å². The van der Waals surface area contributed by atoms with E-state index in [1.165, 1.54) is 35.5 Å². The summed E-state index contributed by atoms with van der Waals surface area (Å²) in [6.45, 7) is 2.26. The quantitative estimate of drug-likeness (QED) is 0.471. The molecule has 5 rings (SSSR count). The van der Waals surface area contributed by atoms with Gasteiger partial charge < -0.3 is 14.6 Å². The molecule has 1 atom stereocenters. The van der Waals surface area contributed by atoms with Gasteiger partial charge in [0.1, 0.15) is 27.6 Å². The van der Waals surface area contributed by atoms with Crippen molar-refractivity contribution in [3.05, 3.63) is 83.1 Å². The molecule has 3 heterocycles. The van der Waals surface area contributed by atoms with Crippen LogP contribution in [0.15, 0.2) is 66.0 Å². The summed E-state index contributed by atoms with van der Waals surface area (Å²) in [5, 5.41) is 5.89. The van der Waals surface area contributed by atoms with E-state index >= 15 is 0 Å². The predicted octanol–water partition coefficient (Wildman–Crippen LogP) is 4.59. The van der Waals surface area contributed by atoms with E-state index in [2.05, 4.69) is 5.32 Å². The Bertz CT molecular complexity index is 1360. The van der Waals surface area contributed by atoms with E-state index < -0.39 is 5.54 Å². The van der Waals surface area contributed by atoms with Crippen molar-refractivity contribution < 1.29 is 18.7 Å². The highest BCUT2D eigenvalue weighted by molar-refractivity contribution is 7.16. The highest BCUT2D eigenvalue weighted by Crippen LogP contribution is 2.40. The summed E-state index contributed by atoms with van der Waals surface area (Å²) < 4.78 is 20.7. The van der Waals surface area contributed by atoms with E-state index in [4.69, 9.17) is 4.74 Å². The molecular weight excluding hydrogens is 441 g/mol. The van der Waals surface area contributed by atoms with Crippen LogP contribution in [0.4, 0.5) is 10.1 Å². The fourth-order valence-electron chi connectivity index (χ4n) is 4.36. The van der Waals surface area contributed by atoms with Gasteiger partial charge in [-0.3, -0.25) is 14.5 Å². The van der Waals surface area contributed by atoms with Crippen molar-refractivity contribution in [3.63, 3.8) is 0 Å². The normalized spacial score (nSPS) is 17.8. The lowest BCUT2D eigenvalue weighted by Crippen LogP contribution is -2.64. The van der Waals surface area contributed by atoms with Gasteiger partial charge in [-0.05, 0) is 54.3 Å². The molecule has 33 heavy (non-hydrogen) atoms. The number of rotatable bonds is 5. The first kappa shape index (κ1) is 21.2. The molecule has 0 saturated heterocycles. The standard InChI is InChI=1S/C25H22FN3O3S/c1-25(24(31)27-14-16-7-9-18(26)10-8-16)15-28-20(13-17-11-12-33-23(17)28)22(30)29(25)19-5-3-4-6-21(19)32-2/h3-13H,14-15H2,1-2H3,(H,27,31). The van der Waals surface area contributed by atoms with E-state index in [9.17, 15) is 14.0 Å². The molecule has 0 aliphatic carbocycles. The Morgan fingerprint density at radius 2 is 1.94 bits per heavy atom. The Hall–Kier alpha value is -3.65. The molecule has 1 N–H and O–H groups in total. The molecule has 1 unspecified atom stereocenters. The number of halogens is 1. The number of fused-ring (bicyclic) bond motifs is 3. The van der Waals surface area contributed by atoms with Crippen LogP contribution in [0, 0.1) is 5.82 Å². The largest absolute Gasteiger partial charge is 0.495 e. The van der Waals surface area contributed by atoms with Gasteiger partial charge in [-0.1, -0.05) is 24.3 Å². The van der Waals surface area contributed by atoms with Gasteiger partial charge in [0.25, 0.3) is 5.91 Å². The number of carbonyl (C=O) groups excluding carboxylic acids is 2. The number of hydrogen-bond acceptors (Lipinski definition) is 4. The van der Waals surface area contributed by atoms with Crippen LogP contribution in [0.1, 0.15) is 23.0 Å². The van der Waals surface area contributed by atoms with Crippen molar-refractivity contribution in [2.24, 2.45) is 0 Å². The smallest absolute Gasteiger partial charge is 0.276 e. The van der Waals surface area contributed by atoms with Crippen LogP contribution >= 0.6 is 11.3 Å². The van der Waals surface area contributed by atoms with Gasteiger partial charge in [0.15, 0.2) is 0 Å². The van der Waals surface area contributed by atoms with Gasteiger partial charge in [-0.25, -0.2) is 4.39 Å². The Labute approximate surface area is 194 Å². The van der Waals surface area contributed by atoms with E-state index in [1.807, 2.05) is 34.2 Å². The number of nitrogens with zero attached hydrogens (tertiary/aromatic N) is 2. The number of carbonyl (C=O) groups is 2. The van der Waals surface area contributed by atoms with Gasteiger partial charge in [0.05, 0.1) is 19.3 Å². The SMILES string of the molecule is COc1ccccc1N1C(=O)c2cc3ccsc3n2CC1(C)C(=O)NCc1ccc(F)cc1. The Kier molecular flexibility index (Phi) is 5.17. The zero-order valence-corrected chi connectivity index (χ0v) is 19.0. The third kappa shape index (κ3) is 3.47. The number of aromatic nitrogens is 1. The number of methoxy groups -OCH3 is 1. The molecule has 8 heteroatoms. The monoisotopic (exact) mass is 463 g/mol.